The van der Waals surface area contributed by atoms with Crippen LogP contribution >= 0.6 is 0 Å². The van der Waals surface area contributed by atoms with Crippen LogP contribution in [0.25, 0.3) is 0 Å². The van der Waals surface area contributed by atoms with Crippen LogP contribution in [0, 0.1) is 17.2 Å². The topological polar surface area (TPSA) is 35.8 Å². The molecular weight excluding hydrogens is 232 g/mol. The highest BCUT2D eigenvalue weighted by atomic mass is 14.9. The van der Waals surface area contributed by atoms with Crippen molar-refractivity contribution in [3.05, 3.63) is 35.4 Å². The van der Waals surface area contributed by atoms with Crippen LogP contribution in [0.3, 0.4) is 0 Å². The predicted molar refractivity (Wildman–Crippen MR) is 81.1 cm³/mol. The fourth-order valence-electron chi connectivity index (χ4n) is 2.21. The zero-order chi connectivity index (χ0) is 14.3. The molecule has 1 rings (SSSR count). The van der Waals surface area contributed by atoms with Crippen LogP contribution in [-0.4, -0.2) is 13.1 Å². The molecule has 0 aliphatic carbocycles. The fourth-order valence-corrected chi connectivity index (χ4v) is 2.21. The summed E-state index contributed by atoms with van der Waals surface area (Å²) < 4.78 is 0. The number of nitriles is 1. The molecule has 0 spiro atoms. The van der Waals surface area contributed by atoms with E-state index in [2.05, 4.69) is 63.3 Å². The van der Waals surface area contributed by atoms with Crippen LogP contribution in [0.5, 0.6) is 0 Å². The van der Waals surface area contributed by atoms with Crippen LogP contribution in [0.15, 0.2) is 24.3 Å². The van der Waals surface area contributed by atoms with Gasteiger partial charge in [-0.15, -0.1) is 0 Å². The van der Waals surface area contributed by atoms with Gasteiger partial charge in [0.2, 0.25) is 0 Å². The molecule has 19 heavy (non-hydrogen) atoms. The minimum absolute atomic E-state index is 0.103. The number of hydrogen-bond donors (Lipinski definition) is 1. The predicted octanol–water partition coefficient (Wildman–Crippen LogP) is 3.67. The number of rotatable bonds is 7. The Hall–Kier alpha value is -1.33. The average molecular weight is 258 g/mol. The van der Waals surface area contributed by atoms with Gasteiger partial charge in [-0.05, 0) is 23.5 Å². The van der Waals surface area contributed by atoms with Gasteiger partial charge in [-0.2, -0.15) is 5.26 Å². The summed E-state index contributed by atoms with van der Waals surface area (Å²) in [6, 6.07) is 11.1. The Labute approximate surface area is 117 Å². The van der Waals surface area contributed by atoms with Gasteiger partial charge in [0.05, 0.1) is 6.07 Å². The molecule has 0 fully saturated rings. The Morgan fingerprint density at radius 1 is 1.21 bits per heavy atom. The summed E-state index contributed by atoms with van der Waals surface area (Å²) in [5.74, 6) is 0.700. The van der Waals surface area contributed by atoms with Crippen molar-refractivity contribution in [1.29, 1.82) is 5.26 Å². The summed E-state index contributed by atoms with van der Waals surface area (Å²) in [7, 11) is 0. The first-order valence-corrected chi connectivity index (χ1v) is 7.13. The second-order valence-corrected chi connectivity index (χ2v) is 6.26. The molecule has 2 nitrogen and oxygen atoms in total. The highest BCUT2D eigenvalue weighted by Crippen LogP contribution is 2.23. The van der Waals surface area contributed by atoms with E-state index in [-0.39, 0.29) is 5.41 Å². The molecule has 0 saturated heterocycles. The molecule has 1 aromatic rings. The van der Waals surface area contributed by atoms with E-state index in [1.165, 1.54) is 11.1 Å². The lowest BCUT2D eigenvalue weighted by Crippen LogP contribution is -2.33. The SMILES string of the molecule is CC(C)Cc1ccc(C(C)(C)CNCCC#N)cc1. The molecule has 0 atom stereocenters. The van der Waals surface area contributed by atoms with E-state index in [9.17, 15) is 0 Å². The second-order valence-electron chi connectivity index (χ2n) is 6.26. The third kappa shape index (κ3) is 5.44. The number of hydrogen-bond acceptors (Lipinski definition) is 2. The Balaban J connectivity index is 2.60. The summed E-state index contributed by atoms with van der Waals surface area (Å²) in [5.41, 5.74) is 2.86. The van der Waals surface area contributed by atoms with Gasteiger partial charge in [0.25, 0.3) is 0 Å². The van der Waals surface area contributed by atoms with Crippen molar-refractivity contribution >= 4 is 0 Å². The van der Waals surface area contributed by atoms with Gasteiger partial charge in [-0.1, -0.05) is 52.0 Å². The molecular formula is C17H26N2. The van der Waals surface area contributed by atoms with Crippen LogP contribution < -0.4 is 5.32 Å². The third-order valence-corrected chi connectivity index (χ3v) is 3.36. The van der Waals surface area contributed by atoms with E-state index in [1.54, 1.807) is 0 Å². The third-order valence-electron chi connectivity index (χ3n) is 3.36. The van der Waals surface area contributed by atoms with Crippen LogP contribution in [-0.2, 0) is 11.8 Å². The van der Waals surface area contributed by atoms with Gasteiger partial charge in [-0.3, -0.25) is 0 Å². The molecule has 0 bridgehead atoms. The fraction of sp³-hybridized carbons (Fsp3) is 0.588. The van der Waals surface area contributed by atoms with Crippen molar-refractivity contribution in [3.63, 3.8) is 0 Å². The monoisotopic (exact) mass is 258 g/mol. The first kappa shape index (κ1) is 15.7. The van der Waals surface area contributed by atoms with E-state index in [4.69, 9.17) is 5.26 Å². The highest BCUT2D eigenvalue weighted by molar-refractivity contribution is 5.28. The number of benzene rings is 1. The van der Waals surface area contributed by atoms with Gasteiger partial charge >= 0.3 is 0 Å². The number of nitrogens with zero attached hydrogens (tertiary/aromatic N) is 1. The average Bonchev–Trinajstić information content (AvgIpc) is 2.35. The van der Waals surface area contributed by atoms with Crippen molar-refractivity contribution in [2.75, 3.05) is 13.1 Å². The molecule has 1 N–H and O–H groups in total. The molecule has 104 valence electrons. The Morgan fingerprint density at radius 2 is 1.84 bits per heavy atom. The lowest BCUT2D eigenvalue weighted by molar-refractivity contribution is 0.473. The Morgan fingerprint density at radius 3 is 2.37 bits per heavy atom. The maximum Gasteiger partial charge on any atom is 0.0635 e. The first-order chi connectivity index (χ1) is 8.95. The minimum atomic E-state index is 0.103. The van der Waals surface area contributed by atoms with Crippen molar-refractivity contribution < 1.29 is 0 Å². The van der Waals surface area contributed by atoms with Crippen molar-refractivity contribution in [2.45, 2.75) is 46.0 Å². The molecule has 0 aliphatic rings. The maximum atomic E-state index is 8.53. The summed E-state index contributed by atoms with van der Waals surface area (Å²) in [6.07, 6.45) is 1.71. The second kappa shape index (κ2) is 7.31. The number of nitrogens with one attached hydrogen (secondary N) is 1. The van der Waals surface area contributed by atoms with E-state index in [0.717, 1.165) is 19.5 Å². The highest BCUT2D eigenvalue weighted by Gasteiger charge is 2.19. The van der Waals surface area contributed by atoms with E-state index < -0.39 is 0 Å². The van der Waals surface area contributed by atoms with Crippen LogP contribution in [0.1, 0.15) is 45.2 Å². The summed E-state index contributed by atoms with van der Waals surface area (Å²) in [6.45, 7) is 10.6. The van der Waals surface area contributed by atoms with Gasteiger partial charge < -0.3 is 5.32 Å². The molecule has 0 aromatic heterocycles. The quantitative estimate of drug-likeness (QED) is 0.758. The summed E-state index contributed by atoms with van der Waals surface area (Å²) in [5, 5.41) is 11.9. The van der Waals surface area contributed by atoms with Crippen molar-refractivity contribution in [2.24, 2.45) is 5.92 Å². The normalized spacial score (nSPS) is 11.6. The summed E-state index contributed by atoms with van der Waals surface area (Å²) >= 11 is 0. The van der Waals surface area contributed by atoms with Crippen LogP contribution in [0.4, 0.5) is 0 Å². The van der Waals surface area contributed by atoms with Crippen molar-refractivity contribution in [3.8, 4) is 6.07 Å². The van der Waals surface area contributed by atoms with E-state index in [1.807, 2.05) is 0 Å². The van der Waals surface area contributed by atoms with Crippen LogP contribution in [0.2, 0.25) is 0 Å². The van der Waals surface area contributed by atoms with Gasteiger partial charge in [0.1, 0.15) is 0 Å². The van der Waals surface area contributed by atoms with E-state index in [0.29, 0.717) is 12.3 Å². The molecule has 0 saturated carbocycles. The molecule has 0 aliphatic heterocycles. The molecule has 0 radical (unpaired) electrons. The molecule has 0 unspecified atom stereocenters. The van der Waals surface area contributed by atoms with Gasteiger partial charge in [-0.25, -0.2) is 0 Å². The smallest absolute Gasteiger partial charge is 0.0635 e. The minimum Gasteiger partial charge on any atom is -0.315 e. The Bertz CT molecular complexity index is 410. The molecule has 1 aromatic carbocycles. The standard InChI is InChI=1S/C17H26N2/c1-14(2)12-15-6-8-16(9-7-15)17(3,4)13-19-11-5-10-18/h6-9,14,19H,5,11-13H2,1-4H3. The lowest BCUT2D eigenvalue weighted by atomic mass is 9.84. The zero-order valence-corrected chi connectivity index (χ0v) is 12.7. The zero-order valence-electron chi connectivity index (χ0n) is 12.7. The largest absolute Gasteiger partial charge is 0.315 e. The summed E-state index contributed by atoms with van der Waals surface area (Å²) in [4.78, 5) is 0. The van der Waals surface area contributed by atoms with Gasteiger partial charge in [0.15, 0.2) is 0 Å². The Kier molecular flexibility index (Phi) is 6.05. The van der Waals surface area contributed by atoms with Gasteiger partial charge in [0, 0.05) is 24.9 Å². The molecule has 2 heteroatoms. The van der Waals surface area contributed by atoms with E-state index >= 15 is 0 Å². The molecule has 0 heterocycles. The van der Waals surface area contributed by atoms with Crippen molar-refractivity contribution in [1.82, 2.24) is 5.32 Å². The molecule has 0 amide bonds. The first-order valence-electron chi connectivity index (χ1n) is 7.13. The lowest BCUT2D eigenvalue weighted by Gasteiger charge is -2.26. The maximum absolute atomic E-state index is 8.53.